The van der Waals surface area contributed by atoms with Gasteiger partial charge in [-0.2, -0.15) is 4.98 Å². The highest BCUT2D eigenvalue weighted by Gasteiger charge is 2.09. The smallest absolute Gasteiger partial charge is 0.239 e. The zero-order chi connectivity index (χ0) is 11.4. The van der Waals surface area contributed by atoms with E-state index >= 15 is 0 Å². The van der Waals surface area contributed by atoms with Gasteiger partial charge in [-0.05, 0) is 15.9 Å². The number of halogens is 1. The topological polar surface area (TPSA) is 84.1 Å². The Bertz CT molecular complexity index is 350. The van der Waals surface area contributed by atoms with Crippen LogP contribution in [0.3, 0.4) is 0 Å². The molecule has 3 N–H and O–H groups in total. The van der Waals surface area contributed by atoms with Gasteiger partial charge in [0, 0.05) is 20.2 Å². The summed E-state index contributed by atoms with van der Waals surface area (Å²) in [5.74, 6) is 0.653. The molecule has 0 aromatic carbocycles. The fourth-order valence-corrected chi connectivity index (χ4v) is 1.35. The lowest BCUT2D eigenvalue weighted by molar-refractivity contribution is -0.119. The average molecular weight is 274 g/mol. The van der Waals surface area contributed by atoms with E-state index in [9.17, 15) is 4.79 Å². The largest absolute Gasteiger partial charge is 0.383 e. The second-order valence-corrected chi connectivity index (χ2v) is 3.76. The lowest BCUT2D eigenvalue weighted by atomic mass is 10.5. The van der Waals surface area contributed by atoms with Gasteiger partial charge < -0.3 is 16.0 Å². The fourth-order valence-electron chi connectivity index (χ4n) is 0.958. The molecule has 7 heteroatoms. The lowest BCUT2D eigenvalue weighted by Gasteiger charge is -2.16. The van der Waals surface area contributed by atoms with Crippen LogP contribution in [0.25, 0.3) is 0 Å². The molecule has 0 spiro atoms. The van der Waals surface area contributed by atoms with Gasteiger partial charge in [-0.25, -0.2) is 4.98 Å². The van der Waals surface area contributed by atoms with E-state index in [-0.39, 0.29) is 12.5 Å². The van der Waals surface area contributed by atoms with Crippen molar-refractivity contribution in [1.82, 2.24) is 15.3 Å². The van der Waals surface area contributed by atoms with Crippen molar-refractivity contribution in [2.75, 3.05) is 31.3 Å². The molecule has 0 radical (unpaired) electrons. The number of nitrogens with zero attached hydrogens (tertiary/aromatic N) is 3. The van der Waals surface area contributed by atoms with E-state index < -0.39 is 0 Å². The van der Waals surface area contributed by atoms with Gasteiger partial charge in [0.2, 0.25) is 11.9 Å². The Morgan fingerprint density at radius 1 is 1.67 bits per heavy atom. The van der Waals surface area contributed by atoms with Crippen molar-refractivity contribution in [2.24, 2.45) is 0 Å². The van der Waals surface area contributed by atoms with Crippen LogP contribution in [0.2, 0.25) is 0 Å². The summed E-state index contributed by atoms with van der Waals surface area (Å²) in [6.45, 7) is 0.187. The van der Waals surface area contributed by atoms with Crippen LogP contribution in [-0.2, 0) is 4.79 Å². The van der Waals surface area contributed by atoms with Crippen molar-refractivity contribution in [2.45, 2.75) is 0 Å². The molecule has 0 atom stereocenters. The Morgan fingerprint density at radius 2 is 2.33 bits per heavy atom. The number of anilines is 2. The quantitative estimate of drug-likeness (QED) is 0.758. The summed E-state index contributed by atoms with van der Waals surface area (Å²) in [7, 11) is 3.29. The molecule has 0 unspecified atom stereocenters. The Kier molecular flexibility index (Phi) is 3.84. The number of likely N-dealkylation sites (N-methyl/N-ethyl adjacent to an activating group) is 2. The number of rotatable bonds is 3. The van der Waals surface area contributed by atoms with Crippen LogP contribution in [0.5, 0.6) is 0 Å². The predicted octanol–water partition coefficient (Wildman–Crippen LogP) is 0.00350. The molecule has 0 aliphatic rings. The summed E-state index contributed by atoms with van der Waals surface area (Å²) in [4.78, 5) is 20.8. The fraction of sp³-hybridized carbons (Fsp3) is 0.375. The molecule has 1 aromatic rings. The van der Waals surface area contributed by atoms with Gasteiger partial charge in [-0.3, -0.25) is 4.79 Å². The minimum Gasteiger partial charge on any atom is -0.383 e. The number of nitrogens with one attached hydrogen (secondary N) is 1. The number of nitrogens with two attached hydrogens (primary N) is 1. The lowest BCUT2D eigenvalue weighted by Crippen LogP contribution is -2.34. The van der Waals surface area contributed by atoms with Gasteiger partial charge in [0.15, 0.2) is 0 Å². The van der Waals surface area contributed by atoms with E-state index in [1.165, 1.54) is 0 Å². The highest BCUT2D eigenvalue weighted by Crippen LogP contribution is 2.14. The number of carbonyl (C=O) groups excluding carboxylic acids is 1. The van der Waals surface area contributed by atoms with Gasteiger partial charge in [0.05, 0.1) is 6.54 Å². The molecular formula is C8H12BrN5O. The van der Waals surface area contributed by atoms with Gasteiger partial charge in [0.1, 0.15) is 10.4 Å². The molecule has 0 aliphatic carbocycles. The van der Waals surface area contributed by atoms with Crippen LogP contribution in [0.15, 0.2) is 10.7 Å². The van der Waals surface area contributed by atoms with Crippen LogP contribution in [-0.4, -0.2) is 36.5 Å². The summed E-state index contributed by atoms with van der Waals surface area (Å²) in [6, 6.07) is 1.59. The molecule has 0 saturated heterocycles. The van der Waals surface area contributed by atoms with Gasteiger partial charge >= 0.3 is 0 Å². The summed E-state index contributed by atoms with van der Waals surface area (Å²) < 4.78 is 0.591. The molecular weight excluding hydrogens is 262 g/mol. The highest BCUT2D eigenvalue weighted by molar-refractivity contribution is 9.10. The molecule has 0 saturated carbocycles. The third-order valence-electron chi connectivity index (χ3n) is 1.70. The normalized spacial score (nSPS) is 9.80. The molecule has 1 amide bonds. The second kappa shape index (κ2) is 4.92. The van der Waals surface area contributed by atoms with Crippen LogP contribution >= 0.6 is 15.9 Å². The molecule has 1 rings (SSSR count). The van der Waals surface area contributed by atoms with Crippen LogP contribution < -0.4 is 16.0 Å². The SMILES string of the molecule is CNC(=O)CN(C)c1nc(N)cc(Br)n1. The molecule has 0 fully saturated rings. The standard InChI is InChI=1S/C8H12BrN5O/c1-11-7(15)4-14(2)8-12-5(9)3-6(10)13-8/h3H,4H2,1-2H3,(H,11,15)(H2,10,12,13). The van der Waals surface area contributed by atoms with Crippen molar-refractivity contribution in [3.05, 3.63) is 10.7 Å². The molecule has 15 heavy (non-hydrogen) atoms. The Hall–Kier alpha value is -1.37. The summed E-state index contributed by atoms with van der Waals surface area (Å²) in [5, 5.41) is 2.52. The van der Waals surface area contributed by atoms with E-state index in [1.54, 1.807) is 25.1 Å². The van der Waals surface area contributed by atoms with E-state index in [1.807, 2.05) is 0 Å². The third kappa shape index (κ3) is 3.35. The van der Waals surface area contributed by atoms with E-state index in [2.05, 4.69) is 31.2 Å². The van der Waals surface area contributed by atoms with Gasteiger partial charge in [0.25, 0.3) is 0 Å². The number of carbonyl (C=O) groups is 1. The van der Waals surface area contributed by atoms with Crippen LogP contribution in [0.1, 0.15) is 0 Å². The number of hydrogen-bond acceptors (Lipinski definition) is 5. The number of aromatic nitrogens is 2. The highest BCUT2D eigenvalue weighted by atomic mass is 79.9. The summed E-state index contributed by atoms with van der Waals surface area (Å²) in [6.07, 6.45) is 0. The van der Waals surface area contributed by atoms with Crippen molar-refractivity contribution >= 4 is 33.6 Å². The Balaban J connectivity index is 2.81. The first kappa shape index (κ1) is 11.7. The minimum atomic E-state index is -0.111. The molecule has 6 nitrogen and oxygen atoms in total. The monoisotopic (exact) mass is 273 g/mol. The first-order valence-electron chi connectivity index (χ1n) is 4.24. The van der Waals surface area contributed by atoms with Gasteiger partial charge in [-0.1, -0.05) is 0 Å². The van der Waals surface area contributed by atoms with E-state index in [0.717, 1.165) is 0 Å². The van der Waals surface area contributed by atoms with Crippen molar-refractivity contribution in [1.29, 1.82) is 0 Å². The van der Waals surface area contributed by atoms with E-state index in [4.69, 9.17) is 5.73 Å². The third-order valence-corrected chi connectivity index (χ3v) is 2.11. The zero-order valence-corrected chi connectivity index (χ0v) is 10.1. The molecule has 0 bridgehead atoms. The summed E-state index contributed by atoms with van der Waals surface area (Å²) in [5.41, 5.74) is 5.55. The average Bonchev–Trinajstić information content (AvgIpc) is 2.16. The molecule has 0 aliphatic heterocycles. The first-order chi connectivity index (χ1) is 7.02. The van der Waals surface area contributed by atoms with Gasteiger partial charge in [-0.15, -0.1) is 0 Å². The van der Waals surface area contributed by atoms with Crippen molar-refractivity contribution in [3.63, 3.8) is 0 Å². The number of amides is 1. The molecule has 1 heterocycles. The number of hydrogen-bond donors (Lipinski definition) is 2. The Morgan fingerprint density at radius 3 is 2.87 bits per heavy atom. The molecule has 1 aromatic heterocycles. The maximum Gasteiger partial charge on any atom is 0.239 e. The van der Waals surface area contributed by atoms with Crippen molar-refractivity contribution < 1.29 is 4.79 Å². The molecule has 82 valence electrons. The van der Waals surface area contributed by atoms with Crippen LogP contribution in [0, 0.1) is 0 Å². The van der Waals surface area contributed by atoms with Crippen molar-refractivity contribution in [3.8, 4) is 0 Å². The maximum absolute atomic E-state index is 11.1. The second-order valence-electron chi connectivity index (χ2n) is 2.94. The summed E-state index contributed by atoms with van der Waals surface area (Å²) >= 11 is 3.21. The van der Waals surface area contributed by atoms with Crippen LogP contribution in [0.4, 0.5) is 11.8 Å². The first-order valence-corrected chi connectivity index (χ1v) is 5.04. The van der Waals surface area contributed by atoms with E-state index in [0.29, 0.717) is 16.4 Å². The number of nitrogen functional groups attached to an aromatic ring is 1. The Labute approximate surface area is 96.0 Å². The predicted molar refractivity (Wildman–Crippen MR) is 61.5 cm³/mol. The zero-order valence-electron chi connectivity index (χ0n) is 8.49. The minimum absolute atomic E-state index is 0.111. The maximum atomic E-state index is 11.1.